The number of ether oxygens (including phenoxy) is 1. The van der Waals surface area contributed by atoms with Crippen LogP contribution in [0.4, 0.5) is 15.8 Å². The van der Waals surface area contributed by atoms with E-state index in [1.165, 1.54) is 6.07 Å². The lowest BCUT2D eigenvalue weighted by Crippen LogP contribution is -2.49. The molecule has 10 heteroatoms. The van der Waals surface area contributed by atoms with Gasteiger partial charge in [-0.3, -0.25) is 14.4 Å². The predicted molar refractivity (Wildman–Crippen MR) is 166 cm³/mol. The standard InChI is InChI=1S/C33H34Cl2FN3O4/c1-5-43-26(40)15-18-9-12-20(13-10-18)37-30(41)29-27(21-7-6-8-23(35)28(21)36)33(25(39-29)17-32(2,3)4)22-14-11-19(34)16-24(22)38-31(33)42/h6-14,16,25,27,29,39H,5,15,17H2,1-4H3,(H,37,41)(H,38,42)/t25-,27-,29+,33+/m0/s1. The second kappa shape index (κ2) is 11.9. The molecule has 0 aliphatic carbocycles. The van der Waals surface area contributed by atoms with E-state index in [4.69, 9.17) is 27.9 Å². The summed E-state index contributed by atoms with van der Waals surface area (Å²) < 4.78 is 20.9. The molecule has 2 aliphatic heterocycles. The Morgan fingerprint density at radius 1 is 1.07 bits per heavy atom. The number of carbonyl (C=O) groups is 3. The minimum absolute atomic E-state index is 0.0991. The van der Waals surface area contributed by atoms with Crippen molar-refractivity contribution in [1.82, 2.24) is 5.32 Å². The molecule has 0 aromatic heterocycles. The largest absolute Gasteiger partial charge is 0.466 e. The number of esters is 1. The maximum atomic E-state index is 15.9. The molecule has 3 aromatic rings. The number of anilines is 2. The van der Waals surface area contributed by atoms with Crippen LogP contribution in [0.1, 0.15) is 56.7 Å². The number of amides is 2. The minimum Gasteiger partial charge on any atom is -0.466 e. The molecular formula is C33H34Cl2FN3O4. The molecule has 0 bridgehead atoms. The molecule has 5 rings (SSSR count). The topological polar surface area (TPSA) is 96.5 Å². The molecule has 1 spiro atoms. The Hall–Kier alpha value is -3.46. The van der Waals surface area contributed by atoms with E-state index in [2.05, 4.69) is 36.7 Å². The summed E-state index contributed by atoms with van der Waals surface area (Å²) in [4.78, 5) is 40.2. The molecule has 1 saturated heterocycles. The van der Waals surface area contributed by atoms with Gasteiger partial charge in [0.15, 0.2) is 0 Å². The van der Waals surface area contributed by atoms with Crippen LogP contribution in [-0.4, -0.2) is 36.5 Å². The van der Waals surface area contributed by atoms with Crippen molar-refractivity contribution < 1.29 is 23.5 Å². The lowest BCUT2D eigenvalue weighted by atomic mass is 9.62. The van der Waals surface area contributed by atoms with Crippen LogP contribution >= 0.6 is 23.2 Å². The first-order chi connectivity index (χ1) is 20.3. The Labute approximate surface area is 260 Å². The van der Waals surface area contributed by atoms with Crippen molar-refractivity contribution in [1.29, 1.82) is 0 Å². The maximum absolute atomic E-state index is 15.9. The molecule has 4 atom stereocenters. The summed E-state index contributed by atoms with van der Waals surface area (Å²) in [6.45, 7) is 8.20. The highest BCUT2D eigenvalue weighted by molar-refractivity contribution is 6.31. The van der Waals surface area contributed by atoms with Crippen molar-refractivity contribution in [2.24, 2.45) is 5.41 Å². The summed E-state index contributed by atoms with van der Waals surface area (Å²) in [5, 5.41) is 9.71. The van der Waals surface area contributed by atoms with Gasteiger partial charge in [0, 0.05) is 28.4 Å². The molecule has 2 aliphatic rings. The van der Waals surface area contributed by atoms with Gasteiger partial charge in [-0.05, 0) is 65.8 Å². The fourth-order valence-electron chi connectivity index (χ4n) is 6.46. The zero-order valence-corrected chi connectivity index (χ0v) is 25.9. The van der Waals surface area contributed by atoms with E-state index < -0.39 is 35.1 Å². The van der Waals surface area contributed by atoms with Crippen LogP contribution in [0.5, 0.6) is 0 Å². The molecule has 2 amide bonds. The fourth-order valence-corrected chi connectivity index (χ4v) is 6.81. The van der Waals surface area contributed by atoms with E-state index in [0.717, 1.165) is 5.56 Å². The molecule has 7 nitrogen and oxygen atoms in total. The Balaban J connectivity index is 1.60. The third kappa shape index (κ3) is 5.88. The maximum Gasteiger partial charge on any atom is 0.310 e. The van der Waals surface area contributed by atoms with Crippen LogP contribution in [0.25, 0.3) is 0 Å². The smallest absolute Gasteiger partial charge is 0.310 e. The van der Waals surface area contributed by atoms with Crippen LogP contribution in [0.2, 0.25) is 10.0 Å². The van der Waals surface area contributed by atoms with Crippen LogP contribution in [-0.2, 0) is 31.0 Å². The van der Waals surface area contributed by atoms with Gasteiger partial charge in [-0.25, -0.2) is 4.39 Å². The third-order valence-electron chi connectivity index (χ3n) is 8.10. The lowest BCUT2D eigenvalue weighted by Gasteiger charge is -2.37. The monoisotopic (exact) mass is 625 g/mol. The molecule has 3 aromatic carbocycles. The molecular weight excluding hydrogens is 592 g/mol. The second-order valence-electron chi connectivity index (χ2n) is 12.3. The Bertz CT molecular complexity index is 1570. The first kappa shape index (κ1) is 31.0. The molecule has 0 saturated carbocycles. The number of nitrogens with one attached hydrogen (secondary N) is 3. The van der Waals surface area contributed by atoms with Gasteiger partial charge in [0.05, 0.1) is 24.1 Å². The minimum atomic E-state index is -1.34. The zero-order valence-electron chi connectivity index (χ0n) is 24.4. The zero-order chi connectivity index (χ0) is 31.1. The third-order valence-corrected chi connectivity index (χ3v) is 8.62. The Morgan fingerprint density at radius 3 is 2.47 bits per heavy atom. The average Bonchev–Trinajstić information content (AvgIpc) is 3.40. The number of hydrogen-bond donors (Lipinski definition) is 3. The number of rotatable bonds is 7. The summed E-state index contributed by atoms with van der Waals surface area (Å²) >= 11 is 12.6. The normalized spacial score (nSPS) is 22.8. The molecule has 0 unspecified atom stereocenters. The van der Waals surface area contributed by atoms with Crippen molar-refractivity contribution >= 4 is 52.4 Å². The summed E-state index contributed by atoms with van der Waals surface area (Å²) in [5.41, 5.74) is 0.967. The van der Waals surface area contributed by atoms with Gasteiger partial charge in [-0.15, -0.1) is 0 Å². The molecule has 3 N–H and O–H groups in total. The molecule has 2 heterocycles. The van der Waals surface area contributed by atoms with Gasteiger partial charge >= 0.3 is 5.97 Å². The molecule has 226 valence electrons. The van der Waals surface area contributed by atoms with Gasteiger partial charge in [-0.1, -0.05) is 74.3 Å². The second-order valence-corrected chi connectivity index (χ2v) is 13.1. The van der Waals surface area contributed by atoms with Crippen LogP contribution in [0.3, 0.4) is 0 Å². The van der Waals surface area contributed by atoms with Crippen molar-refractivity contribution in [3.63, 3.8) is 0 Å². The van der Waals surface area contributed by atoms with E-state index in [1.54, 1.807) is 61.5 Å². The summed E-state index contributed by atoms with van der Waals surface area (Å²) in [6.07, 6.45) is 0.616. The summed E-state index contributed by atoms with van der Waals surface area (Å²) in [5.74, 6) is -2.75. The Morgan fingerprint density at radius 2 is 1.79 bits per heavy atom. The quantitative estimate of drug-likeness (QED) is 0.256. The van der Waals surface area contributed by atoms with Crippen LogP contribution in [0.15, 0.2) is 60.7 Å². The first-order valence-electron chi connectivity index (χ1n) is 14.2. The summed E-state index contributed by atoms with van der Waals surface area (Å²) in [6, 6.07) is 15.1. The van der Waals surface area contributed by atoms with E-state index in [1.807, 2.05) is 0 Å². The van der Waals surface area contributed by atoms with E-state index in [9.17, 15) is 14.4 Å². The van der Waals surface area contributed by atoms with Crippen LogP contribution < -0.4 is 16.0 Å². The highest BCUT2D eigenvalue weighted by atomic mass is 35.5. The number of halogens is 3. The SMILES string of the molecule is CCOC(=O)Cc1ccc(NC(=O)[C@@H]2N[C@@H](CC(C)(C)C)[C@@]3(C(=O)Nc4cc(Cl)ccc43)[C@H]2c2cccc(Cl)c2F)cc1. The van der Waals surface area contributed by atoms with Crippen molar-refractivity contribution in [2.75, 3.05) is 17.2 Å². The van der Waals surface area contributed by atoms with Gasteiger partial charge < -0.3 is 20.7 Å². The first-order valence-corrected chi connectivity index (χ1v) is 15.0. The van der Waals surface area contributed by atoms with Gasteiger partial charge in [-0.2, -0.15) is 0 Å². The summed E-state index contributed by atoms with van der Waals surface area (Å²) in [7, 11) is 0. The van der Waals surface area contributed by atoms with Crippen molar-refractivity contribution in [2.45, 2.75) is 64.0 Å². The number of benzene rings is 3. The number of fused-ring (bicyclic) bond motifs is 2. The molecule has 1 fully saturated rings. The van der Waals surface area contributed by atoms with Crippen LogP contribution in [0, 0.1) is 11.2 Å². The molecule has 43 heavy (non-hydrogen) atoms. The molecule has 0 radical (unpaired) electrons. The lowest BCUT2D eigenvalue weighted by molar-refractivity contribution is -0.142. The predicted octanol–water partition coefficient (Wildman–Crippen LogP) is 6.63. The number of hydrogen-bond acceptors (Lipinski definition) is 5. The Kier molecular flexibility index (Phi) is 8.58. The van der Waals surface area contributed by atoms with Gasteiger partial charge in [0.25, 0.3) is 0 Å². The average molecular weight is 627 g/mol. The van der Waals surface area contributed by atoms with E-state index >= 15 is 4.39 Å². The fraction of sp³-hybridized carbons (Fsp3) is 0.364. The highest BCUT2D eigenvalue weighted by Gasteiger charge is 2.66. The van der Waals surface area contributed by atoms with Crippen molar-refractivity contribution in [3.05, 3.63) is 93.2 Å². The van der Waals surface area contributed by atoms with Gasteiger partial charge in [0.2, 0.25) is 11.8 Å². The highest BCUT2D eigenvalue weighted by Crippen LogP contribution is 2.57. The van der Waals surface area contributed by atoms with E-state index in [-0.39, 0.29) is 34.3 Å². The van der Waals surface area contributed by atoms with Crippen molar-refractivity contribution in [3.8, 4) is 0 Å². The number of carbonyl (C=O) groups excluding carboxylic acids is 3. The van der Waals surface area contributed by atoms with E-state index in [0.29, 0.717) is 35.0 Å². The van der Waals surface area contributed by atoms with Gasteiger partial charge in [0.1, 0.15) is 11.2 Å².